The predicted molar refractivity (Wildman–Crippen MR) is 65.8 cm³/mol. The molecule has 88 valence electrons. The van der Waals surface area contributed by atoms with Crippen molar-refractivity contribution < 1.29 is 9.50 Å². The summed E-state index contributed by atoms with van der Waals surface area (Å²) in [7, 11) is 0. The van der Waals surface area contributed by atoms with E-state index in [2.05, 4.69) is 15.9 Å². The highest BCUT2D eigenvalue weighted by Crippen LogP contribution is 2.29. The minimum atomic E-state index is -0.397. The summed E-state index contributed by atoms with van der Waals surface area (Å²) in [6, 6.07) is 4.88. The van der Waals surface area contributed by atoms with E-state index in [0.29, 0.717) is 17.9 Å². The first kappa shape index (κ1) is 12.1. The second-order valence-electron chi connectivity index (χ2n) is 4.55. The summed E-state index contributed by atoms with van der Waals surface area (Å²) in [5.41, 5.74) is 0.605. The fourth-order valence-electron chi connectivity index (χ4n) is 2.43. The van der Waals surface area contributed by atoms with Gasteiger partial charge in [0.1, 0.15) is 5.82 Å². The zero-order valence-corrected chi connectivity index (χ0v) is 10.7. The normalized spacial score (nSPS) is 18.9. The van der Waals surface area contributed by atoms with Gasteiger partial charge in [-0.15, -0.1) is 0 Å². The molecule has 1 nitrogen and oxygen atoms in total. The molecule has 0 amide bonds. The molecule has 1 aliphatic carbocycles. The Bertz CT molecular complexity index is 361. The van der Waals surface area contributed by atoms with E-state index in [1.54, 1.807) is 12.1 Å². The molecule has 0 heterocycles. The van der Waals surface area contributed by atoms with Crippen LogP contribution in [0.25, 0.3) is 0 Å². The smallest absolute Gasteiger partial charge is 0.126 e. The number of halogens is 2. The monoisotopic (exact) mass is 286 g/mol. The van der Waals surface area contributed by atoms with Crippen LogP contribution in [-0.2, 0) is 6.42 Å². The van der Waals surface area contributed by atoms with Crippen molar-refractivity contribution in [2.45, 2.75) is 38.2 Å². The number of hydrogen-bond donors (Lipinski definition) is 1. The maximum Gasteiger partial charge on any atom is 0.126 e. The van der Waals surface area contributed by atoms with E-state index in [0.717, 1.165) is 17.3 Å². The van der Waals surface area contributed by atoms with Crippen LogP contribution in [-0.4, -0.2) is 11.2 Å². The highest BCUT2D eigenvalue weighted by Gasteiger charge is 2.24. The molecule has 16 heavy (non-hydrogen) atoms. The first-order valence-corrected chi connectivity index (χ1v) is 6.58. The number of aliphatic hydroxyl groups is 1. The van der Waals surface area contributed by atoms with Crippen molar-refractivity contribution in [3.05, 3.63) is 34.1 Å². The topological polar surface area (TPSA) is 20.2 Å². The van der Waals surface area contributed by atoms with Gasteiger partial charge in [0.15, 0.2) is 0 Å². The van der Waals surface area contributed by atoms with Gasteiger partial charge in [-0.1, -0.05) is 28.8 Å². The molecule has 1 aromatic rings. The maximum atomic E-state index is 13.5. The molecule has 2 rings (SSSR count). The fourth-order valence-corrected chi connectivity index (χ4v) is 2.84. The van der Waals surface area contributed by atoms with Crippen molar-refractivity contribution in [1.29, 1.82) is 0 Å². The minimum Gasteiger partial charge on any atom is -0.392 e. The van der Waals surface area contributed by atoms with Crippen molar-refractivity contribution >= 4 is 15.9 Å². The molecule has 1 unspecified atom stereocenters. The number of benzene rings is 1. The van der Waals surface area contributed by atoms with Gasteiger partial charge in [-0.05, 0) is 42.5 Å². The molecule has 3 heteroatoms. The van der Waals surface area contributed by atoms with E-state index < -0.39 is 6.10 Å². The average Bonchev–Trinajstić information content (AvgIpc) is 2.76. The first-order chi connectivity index (χ1) is 7.66. The van der Waals surface area contributed by atoms with Crippen molar-refractivity contribution in [2.75, 3.05) is 0 Å². The summed E-state index contributed by atoms with van der Waals surface area (Å²) in [5.74, 6) is 0.138. The Labute approximate surface area is 104 Å². The van der Waals surface area contributed by atoms with Crippen LogP contribution in [0.15, 0.2) is 22.7 Å². The lowest BCUT2D eigenvalue weighted by atomic mass is 9.95. The van der Waals surface area contributed by atoms with Crippen LogP contribution < -0.4 is 0 Å². The molecule has 1 atom stereocenters. The summed E-state index contributed by atoms with van der Waals surface area (Å²) >= 11 is 3.32. The van der Waals surface area contributed by atoms with Crippen molar-refractivity contribution in [2.24, 2.45) is 5.92 Å². The minimum absolute atomic E-state index is 0.222. The van der Waals surface area contributed by atoms with Gasteiger partial charge in [0.2, 0.25) is 0 Å². The molecule has 0 bridgehead atoms. The third kappa shape index (κ3) is 2.83. The third-order valence-corrected chi connectivity index (χ3v) is 3.87. The Balaban J connectivity index is 2.04. The molecular weight excluding hydrogens is 271 g/mol. The maximum absolute atomic E-state index is 13.5. The molecule has 1 saturated carbocycles. The van der Waals surface area contributed by atoms with Crippen molar-refractivity contribution in [1.82, 2.24) is 0 Å². The van der Waals surface area contributed by atoms with Crippen LogP contribution in [0, 0.1) is 11.7 Å². The molecule has 1 N–H and O–H groups in total. The van der Waals surface area contributed by atoms with E-state index in [4.69, 9.17) is 0 Å². The van der Waals surface area contributed by atoms with E-state index in [1.807, 2.05) is 0 Å². The molecule has 0 saturated heterocycles. The zero-order chi connectivity index (χ0) is 11.5. The lowest BCUT2D eigenvalue weighted by molar-refractivity contribution is 0.110. The third-order valence-electron chi connectivity index (χ3n) is 3.38. The first-order valence-electron chi connectivity index (χ1n) is 5.79. The van der Waals surface area contributed by atoms with Crippen molar-refractivity contribution in [3.8, 4) is 0 Å². The van der Waals surface area contributed by atoms with E-state index in [-0.39, 0.29) is 5.82 Å². The Morgan fingerprint density at radius 2 is 2.06 bits per heavy atom. The summed E-state index contributed by atoms with van der Waals surface area (Å²) in [5, 5.41) is 10.0. The Morgan fingerprint density at radius 1 is 1.38 bits per heavy atom. The van der Waals surface area contributed by atoms with Gasteiger partial charge in [0, 0.05) is 10.9 Å². The van der Waals surface area contributed by atoms with Crippen LogP contribution in [0.2, 0.25) is 0 Å². The van der Waals surface area contributed by atoms with E-state index in [1.165, 1.54) is 18.9 Å². The van der Waals surface area contributed by atoms with Crippen LogP contribution in [0.3, 0.4) is 0 Å². The number of aliphatic hydroxyl groups excluding tert-OH is 1. The molecule has 1 aromatic carbocycles. The van der Waals surface area contributed by atoms with Gasteiger partial charge in [0.25, 0.3) is 0 Å². The quantitative estimate of drug-likeness (QED) is 0.899. The highest BCUT2D eigenvalue weighted by molar-refractivity contribution is 9.10. The molecule has 0 aliphatic heterocycles. The molecular formula is C13H16BrFO. The molecule has 1 fully saturated rings. The van der Waals surface area contributed by atoms with Crippen molar-refractivity contribution in [3.63, 3.8) is 0 Å². The second-order valence-corrected chi connectivity index (χ2v) is 5.47. The van der Waals surface area contributed by atoms with Gasteiger partial charge in [-0.25, -0.2) is 4.39 Å². The van der Waals surface area contributed by atoms with Gasteiger partial charge in [-0.3, -0.25) is 0 Å². The van der Waals surface area contributed by atoms with Crippen LogP contribution >= 0.6 is 15.9 Å². The largest absolute Gasteiger partial charge is 0.392 e. The van der Waals surface area contributed by atoms with Gasteiger partial charge in [-0.2, -0.15) is 0 Å². The van der Waals surface area contributed by atoms with Crippen LogP contribution in [0.4, 0.5) is 4.39 Å². The summed E-state index contributed by atoms with van der Waals surface area (Å²) in [4.78, 5) is 0. The highest BCUT2D eigenvalue weighted by atomic mass is 79.9. The van der Waals surface area contributed by atoms with E-state index >= 15 is 0 Å². The molecule has 0 spiro atoms. The zero-order valence-electron chi connectivity index (χ0n) is 9.13. The van der Waals surface area contributed by atoms with Crippen LogP contribution in [0.1, 0.15) is 31.2 Å². The van der Waals surface area contributed by atoms with Gasteiger partial charge < -0.3 is 5.11 Å². The fraction of sp³-hybridized carbons (Fsp3) is 0.538. The second kappa shape index (κ2) is 5.28. The summed E-state index contributed by atoms with van der Waals surface area (Å²) < 4.78 is 14.3. The molecule has 0 aromatic heterocycles. The number of hydrogen-bond acceptors (Lipinski definition) is 1. The molecule has 0 radical (unpaired) electrons. The van der Waals surface area contributed by atoms with Gasteiger partial charge >= 0.3 is 0 Å². The lowest BCUT2D eigenvalue weighted by Crippen LogP contribution is -2.20. The van der Waals surface area contributed by atoms with E-state index in [9.17, 15) is 9.50 Å². The standard InChI is InChI=1S/C13H16BrFO/c14-11-5-6-12(15)10(7-11)8-13(16)9-3-1-2-4-9/h5-7,9,13,16H,1-4,8H2. The summed E-state index contributed by atoms with van der Waals surface area (Å²) in [6.45, 7) is 0. The Hall–Kier alpha value is -0.410. The van der Waals surface area contributed by atoms with Gasteiger partial charge in [0.05, 0.1) is 6.10 Å². The molecule has 1 aliphatic rings. The summed E-state index contributed by atoms with van der Waals surface area (Å²) in [6.07, 6.45) is 4.58. The average molecular weight is 287 g/mol. The Morgan fingerprint density at radius 3 is 2.75 bits per heavy atom. The predicted octanol–water partition coefficient (Wildman–Crippen LogP) is 3.68. The van der Waals surface area contributed by atoms with Crippen LogP contribution in [0.5, 0.6) is 0 Å². The number of rotatable bonds is 3. The lowest BCUT2D eigenvalue weighted by Gasteiger charge is -2.18. The SMILES string of the molecule is OC(Cc1cc(Br)ccc1F)C1CCCC1. The Kier molecular flexibility index (Phi) is 3.98.